The maximum absolute atomic E-state index is 12.4. The second-order valence-electron chi connectivity index (χ2n) is 3.78. The summed E-state index contributed by atoms with van der Waals surface area (Å²) in [6.45, 7) is 0.665. The molecule has 90 valence electrons. The van der Waals surface area contributed by atoms with E-state index in [-0.39, 0.29) is 5.69 Å². The first-order valence-electron chi connectivity index (χ1n) is 4.52. The van der Waals surface area contributed by atoms with Crippen molar-refractivity contribution < 1.29 is 18.0 Å². The summed E-state index contributed by atoms with van der Waals surface area (Å²) in [6, 6.07) is 1.48. The first-order chi connectivity index (χ1) is 7.14. The van der Waals surface area contributed by atoms with Crippen LogP contribution in [0.15, 0.2) is 12.3 Å². The van der Waals surface area contributed by atoms with Crippen LogP contribution in [0.25, 0.3) is 0 Å². The molecule has 1 atom stereocenters. The number of carbonyl (C=O) groups is 1. The van der Waals surface area contributed by atoms with E-state index in [9.17, 15) is 18.0 Å². The van der Waals surface area contributed by atoms with Crippen molar-refractivity contribution in [3.63, 3.8) is 0 Å². The van der Waals surface area contributed by atoms with Gasteiger partial charge in [-0.2, -0.15) is 18.3 Å². The molecule has 16 heavy (non-hydrogen) atoms. The molecular formula is C9H12F3N3O. The second-order valence-corrected chi connectivity index (χ2v) is 3.78. The quantitative estimate of drug-likeness (QED) is 0.843. The number of aromatic nitrogens is 2. The van der Waals surface area contributed by atoms with Crippen LogP contribution in [-0.4, -0.2) is 27.3 Å². The number of nitrogens with two attached hydrogens (primary N) is 1. The Bertz CT molecular complexity index is 395. The maximum Gasteiger partial charge on any atom is 0.413 e. The van der Waals surface area contributed by atoms with Gasteiger partial charge >= 0.3 is 6.18 Å². The number of Topliss-reactive ketones (excluding diaryl/α,β-unsaturated/α-hetero) is 1. The number of halogens is 3. The molecule has 1 heterocycles. The van der Waals surface area contributed by atoms with Gasteiger partial charge in [0.2, 0.25) is 0 Å². The molecule has 1 aromatic rings. The summed E-state index contributed by atoms with van der Waals surface area (Å²) in [6.07, 6.45) is -3.63. The molecule has 0 bridgehead atoms. The van der Waals surface area contributed by atoms with Crippen molar-refractivity contribution in [2.45, 2.75) is 25.1 Å². The molecule has 1 unspecified atom stereocenters. The van der Waals surface area contributed by atoms with Gasteiger partial charge in [-0.15, -0.1) is 0 Å². The van der Waals surface area contributed by atoms with E-state index in [1.807, 2.05) is 0 Å². The molecule has 0 fully saturated rings. The summed E-state index contributed by atoms with van der Waals surface area (Å²) in [7, 11) is 1.61. The van der Waals surface area contributed by atoms with Crippen LogP contribution in [0.4, 0.5) is 13.2 Å². The van der Waals surface area contributed by atoms with Gasteiger partial charge in [-0.3, -0.25) is 9.48 Å². The second kappa shape index (κ2) is 3.89. The van der Waals surface area contributed by atoms with Crippen LogP contribution in [0.5, 0.6) is 0 Å². The van der Waals surface area contributed by atoms with Crippen LogP contribution < -0.4 is 5.73 Å². The van der Waals surface area contributed by atoms with E-state index in [1.165, 1.54) is 10.7 Å². The highest BCUT2D eigenvalue weighted by Crippen LogP contribution is 2.29. The predicted octanol–water partition coefficient (Wildman–Crippen LogP) is 0.811. The first-order valence-corrected chi connectivity index (χ1v) is 4.52. The lowest BCUT2D eigenvalue weighted by molar-refractivity contribution is -0.185. The Morgan fingerprint density at radius 3 is 2.50 bits per heavy atom. The highest BCUT2D eigenvalue weighted by Gasteiger charge is 2.53. The molecule has 0 spiro atoms. The van der Waals surface area contributed by atoms with Crippen LogP contribution in [0.1, 0.15) is 12.6 Å². The van der Waals surface area contributed by atoms with E-state index in [1.54, 1.807) is 13.2 Å². The Balaban J connectivity index is 2.80. The van der Waals surface area contributed by atoms with Crippen LogP contribution in [0.3, 0.4) is 0 Å². The lowest BCUT2D eigenvalue weighted by Crippen LogP contribution is -2.57. The van der Waals surface area contributed by atoms with Crippen LogP contribution in [0.2, 0.25) is 0 Å². The Morgan fingerprint density at radius 2 is 2.12 bits per heavy atom. The summed E-state index contributed by atoms with van der Waals surface area (Å²) >= 11 is 0. The van der Waals surface area contributed by atoms with E-state index in [4.69, 9.17) is 5.73 Å². The van der Waals surface area contributed by atoms with E-state index < -0.39 is 23.9 Å². The third-order valence-corrected chi connectivity index (χ3v) is 2.28. The van der Waals surface area contributed by atoms with Gasteiger partial charge in [0.25, 0.3) is 0 Å². The molecule has 7 heteroatoms. The zero-order chi connectivity index (χ0) is 12.6. The SMILES string of the molecule is Cn1ccc(CC(=O)C(C)(N)C(F)(F)F)n1. The minimum absolute atomic E-state index is 0.272. The predicted molar refractivity (Wildman–Crippen MR) is 50.6 cm³/mol. The van der Waals surface area contributed by atoms with Gasteiger partial charge in [0.05, 0.1) is 12.1 Å². The molecule has 0 aliphatic rings. The maximum atomic E-state index is 12.4. The fourth-order valence-corrected chi connectivity index (χ4v) is 1.06. The van der Waals surface area contributed by atoms with Crippen molar-refractivity contribution in [2.24, 2.45) is 12.8 Å². The average Bonchev–Trinajstić information content (AvgIpc) is 2.49. The average molecular weight is 235 g/mol. The van der Waals surface area contributed by atoms with E-state index in [2.05, 4.69) is 5.10 Å². The number of alkyl halides is 3. The fourth-order valence-electron chi connectivity index (χ4n) is 1.06. The number of nitrogens with zero attached hydrogens (tertiary/aromatic N) is 2. The molecular weight excluding hydrogens is 223 g/mol. The number of hydrogen-bond acceptors (Lipinski definition) is 3. The number of rotatable bonds is 3. The van der Waals surface area contributed by atoms with E-state index in [0.29, 0.717) is 6.92 Å². The highest BCUT2D eigenvalue weighted by atomic mass is 19.4. The molecule has 0 aliphatic heterocycles. The smallest absolute Gasteiger partial charge is 0.312 e. The molecule has 0 saturated heterocycles. The van der Waals surface area contributed by atoms with Crippen molar-refractivity contribution >= 4 is 5.78 Å². The largest absolute Gasteiger partial charge is 0.413 e. The van der Waals surface area contributed by atoms with Crippen LogP contribution >= 0.6 is 0 Å². The third-order valence-electron chi connectivity index (χ3n) is 2.28. The van der Waals surface area contributed by atoms with Gasteiger partial charge in [0, 0.05) is 13.2 Å². The summed E-state index contributed by atoms with van der Waals surface area (Å²) in [5.41, 5.74) is 2.43. The van der Waals surface area contributed by atoms with Gasteiger partial charge in [-0.05, 0) is 13.0 Å². The molecule has 2 N–H and O–H groups in total. The topological polar surface area (TPSA) is 60.9 Å². The van der Waals surface area contributed by atoms with Crippen LogP contribution in [-0.2, 0) is 18.3 Å². The zero-order valence-electron chi connectivity index (χ0n) is 8.88. The van der Waals surface area contributed by atoms with Crippen molar-refractivity contribution in [1.29, 1.82) is 0 Å². The van der Waals surface area contributed by atoms with Gasteiger partial charge in [0.15, 0.2) is 11.3 Å². The monoisotopic (exact) mass is 235 g/mol. The summed E-state index contributed by atoms with van der Waals surface area (Å²) in [4.78, 5) is 11.4. The highest BCUT2D eigenvalue weighted by molar-refractivity contribution is 5.90. The Morgan fingerprint density at radius 1 is 1.56 bits per heavy atom. The Kier molecular flexibility index (Phi) is 3.09. The van der Waals surface area contributed by atoms with Crippen molar-refractivity contribution in [1.82, 2.24) is 9.78 Å². The molecule has 0 radical (unpaired) electrons. The Hall–Kier alpha value is -1.37. The van der Waals surface area contributed by atoms with Gasteiger partial charge < -0.3 is 5.73 Å². The van der Waals surface area contributed by atoms with Crippen molar-refractivity contribution in [3.05, 3.63) is 18.0 Å². The van der Waals surface area contributed by atoms with E-state index >= 15 is 0 Å². The number of aryl methyl sites for hydroxylation is 1. The Labute approximate surface area is 90.2 Å². The normalized spacial score (nSPS) is 15.9. The molecule has 0 amide bonds. The summed E-state index contributed by atoms with van der Waals surface area (Å²) in [5.74, 6) is -1.10. The number of carbonyl (C=O) groups excluding carboxylic acids is 1. The lowest BCUT2D eigenvalue weighted by Gasteiger charge is -2.25. The van der Waals surface area contributed by atoms with Gasteiger partial charge in [-0.25, -0.2) is 0 Å². The molecule has 4 nitrogen and oxygen atoms in total. The molecule has 0 aliphatic carbocycles. The first kappa shape index (κ1) is 12.7. The number of hydrogen-bond donors (Lipinski definition) is 1. The van der Waals surface area contributed by atoms with Crippen molar-refractivity contribution in [2.75, 3.05) is 0 Å². The summed E-state index contributed by atoms with van der Waals surface area (Å²) < 4.78 is 38.7. The fraction of sp³-hybridized carbons (Fsp3) is 0.556. The molecule has 1 rings (SSSR count). The minimum Gasteiger partial charge on any atom is -0.312 e. The molecule has 1 aromatic heterocycles. The van der Waals surface area contributed by atoms with Gasteiger partial charge in [0.1, 0.15) is 0 Å². The number of ketones is 1. The summed E-state index contributed by atoms with van der Waals surface area (Å²) in [5, 5.41) is 3.82. The minimum atomic E-state index is -4.75. The third kappa shape index (κ3) is 2.41. The van der Waals surface area contributed by atoms with E-state index in [0.717, 1.165) is 0 Å². The van der Waals surface area contributed by atoms with Gasteiger partial charge in [-0.1, -0.05) is 0 Å². The van der Waals surface area contributed by atoms with Crippen LogP contribution in [0, 0.1) is 0 Å². The lowest BCUT2D eigenvalue weighted by atomic mass is 9.94. The molecule has 0 saturated carbocycles. The van der Waals surface area contributed by atoms with Crippen molar-refractivity contribution in [3.8, 4) is 0 Å². The molecule has 0 aromatic carbocycles. The zero-order valence-corrected chi connectivity index (χ0v) is 8.88. The standard InChI is InChI=1S/C9H12F3N3O/c1-8(13,9(10,11)12)7(16)5-6-3-4-15(2)14-6/h3-4H,5,13H2,1-2H3.